The number of nitrogens with one attached hydrogen (secondary N) is 1. The molecule has 0 aliphatic carbocycles. The molecule has 114 valence electrons. The normalized spacial score (nSPS) is 10.6. The van der Waals surface area contributed by atoms with Crippen LogP contribution in [0.4, 0.5) is 5.69 Å². The van der Waals surface area contributed by atoms with Crippen LogP contribution in [0.1, 0.15) is 12.5 Å². The summed E-state index contributed by atoms with van der Waals surface area (Å²) in [5, 5.41) is 3.48. The van der Waals surface area contributed by atoms with Crippen LogP contribution >= 0.6 is 11.8 Å². The SMILES string of the molecule is CCOc1ccc(NC(=O)/C=C/c2cnc(SC)nc2)cc1. The molecule has 0 spiro atoms. The van der Waals surface area contributed by atoms with Crippen LogP contribution in [0.5, 0.6) is 5.75 Å². The first kappa shape index (κ1) is 16.0. The maximum absolute atomic E-state index is 11.8. The molecule has 0 atom stereocenters. The Morgan fingerprint density at radius 3 is 2.55 bits per heavy atom. The van der Waals surface area contributed by atoms with E-state index in [2.05, 4.69) is 15.3 Å². The second kappa shape index (κ2) is 8.19. The molecule has 0 saturated heterocycles. The quantitative estimate of drug-likeness (QED) is 0.503. The van der Waals surface area contributed by atoms with E-state index in [1.807, 2.05) is 25.3 Å². The van der Waals surface area contributed by atoms with Crippen LogP contribution in [-0.2, 0) is 4.79 Å². The number of carbonyl (C=O) groups is 1. The van der Waals surface area contributed by atoms with Gasteiger partial charge in [-0.25, -0.2) is 9.97 Å². The molecule has 1 N–H and O–H groups in total. The number of amides is 1. The molecule has 1 heterocycles. The summed E-state index contributed by atoms with van der Waals surface area (Å²) in [6.45, 7) is 2.54. The number of ether oxygens (including phenoxy) is 1. The number of benzene rings is 1. The van der Waals surface area contributed by atoms with Gasteiger partial charge in [0.25, 0.3) is 0 Å². The topological polar surface area (TPSA) is 64.1 Å². The highest BCUT2D eigenvalue weighted by Crippen LogP contribution is 2.15. The molecule has 0 saturated carbocycles. The highest BCUT2D eigenvalue weighted by Gasteiger charge is 1.99. The summed E-state index contributed by atoms with van der Waals surface area (Å²) in [6.07, 6.45) is 8.40. The Morgan fingerprint density at radius 2 is 1.95 bits per heavy atom. The van der Waals surface area contributed by atoms with Gasteiger partial charge in [0.05, 0.1) is 6.61 Å². The minimum atomic E-state index is -0.210. The van der Waals surface area contributed by atoms with Crippen molar-refractivity contribution in [3.8, 4) is 5.75 Å². The number of aromatic nitrogens is 2. The summed E-state index contributed by atoms with van der Waals surface area (Å²) in [4.78, 5) is 20.1. The van der Waals surface area contributed by atoms with Gasteiger partial charge >= 0.3 is 0 Å². The zero-order chi connectivity index (χ0) is 15.8. The number of thioether (sulfide) groups is 1. The molecule has 0 aliphatic rings. The maximum atomic E-state index is 11.8. The summed E-state index contributed by atoms with van der Waals surface area (Å²) < 4.78 is 5.35. The lowest BCUT2D eigenvalue weighted by Crippen LogP contribution is -2.07. The number of hydrogen-bond donors (Lipinski definition) is 1. The molecule has 0 radical (unpaired) electrons. The molecular weight excluding hydrogens is 298 g/mol. The summed E-state index contributed by atoms with van der Waals surface area (Å²) in [5.74, 6) is 0.570. The van der Waals surface area contributed by atoms with Crippen molar-refractivity contribution in [2.75, 3.05) is 18.2 Å². The van der Waals surface area contributed by atoms with Crippen molar-refractivity contribution < 1.29 is 9.53 Å². The van der Waals surface area contributed by atoms with E-state index < -0.39 is 0 Å². The number of hydrogen-bond acceptors (Lipinski definition) is 5. The van der Waals surface area contributed by atoms with E-state index in [4.69, 9.17) is 4.74 Å². The second-order valence-corrected chi connectivity index (χ2v) is 5.06. The van der Waals surface area contributed by atoms with Crippen LogP contribution in [0.25, 0.3) is 6.08 Å². The Morgan fingerprint density at radius 1 is 1.27 bits per heavy atom. The van der Waals surface area contributed by atoms with Crippen molar-refractivity contribution in [3.63, 3.8) is 0 Å². The lowest BCUT2D eigenvalue weighted by molar-refractivity contribution is -0.111. The monoisotopic (exact) mass is 315 g/mol. The van der Waals surface area contributed by atoms with Crippen molar-refractivity contribution in [2.45, 2.75) is 12.1 Å². The van der Waals surface area contributed by atoms with Crippen LogP contribution in [-0.4, -0.2) is 28.7 Å². The van der Waals surface area contributed by atoms with Crippen LogP contribution in [0.15, 0.2) is 47.9 Å². The zero-order valence-corrected chi connectivity index (χ0v) is 13.3. The lowest BCUT2D eigenvalue weighted by atomic mass is 10.3. The molecule has 0 aliphatic heterocycles. The summed E-state index contributed by atoms with van der Waals surface area (Å²) >= 11 is 1.47. The summed E-state index contributed by atoms with van der Waals surface area (Å²) in [5.41, 5.74) is 1.49. The molecule has 5 nitrogen and oxygen atoms in total. The third kappa shape index (κ3) is 4.89. The van der Waals surface area contributed by atoms with Crippen molar-refractivity contribution in [1.82, 2.24) is 9.97 Å². The van der Waals surface area contributed by atoms with E-state index in [-0.39, 0.29) is 5.91 Å². The summed E-state index contributed by atoms with van der Waals surface area (Å²) in [7, 11) is 0. The fourth-order valence-corrected chi connectivity index (χ4v) is 1.99. The fraction of sp³-hybridized carbons (Fsp3) is 0.188. The van der Waals surface area contributed by atoms with E-state index in [9.17, 15) is 4.79 Å². The van der Waals surface area contributed by atoms with E-state index in [1.165, 1.54) is 17.8 Å². The minimum absolute atomic E-state index is 0.210. The molecule has 0 bridgehead atoms. The molecule has 2 rings (SSSR count). The molecule has 1 amide bonds. The van der Waals surface area contributed by atoms with Gasteiger partial charge in [0.2, 0.25) is 5.91 Å². The molecule has 6 heteroatoms. The number of anilines is 1. The van der Waals surface area contributed by atoms with E-state index in [0.29, 0.717) is 17.5 Å². The van der Waals surface area contributed by atoms with E-state index in [0.717, 1.165) is 11.3 Å². The largest absolute Gasteiger partial charge is 0.494 e. The van der Waals surface area contributed by atoms with Crippen LogP contribution in [0.2, 0.25) is 0 Å². The molecule has 1 aromatic carbocycles. The molecule has 22 heavy (non-hydrogen) atoms. The van der Waals surface area contributed by atoms with E-state index >= 15 is 0 Å². The lowest BCUT2D eigenvalue weighted by Gasteiger charge is -2.05. The first-order valence-corrected chi connectivity index (χ1v) is 8.01. The molecule has 0 fully saturated rings. The predicted octanol–water partition coefficient (Wildman–Crippen LogP) is 3.25. The Labute approximate surface area is 133 Å². The zero-order valence-electron chi connectivity index (χ0n) is 12.4. The standard InChI is InChI=1S/C16H17N3O2S/c1-3-21-14-7-5-13(6-8-14)19-15(20)9-4-12-10-17-16(22-2)18-11-12/h4-11H,3H2,1-2H3,(H,19,20)/b9-4+. The smallest absolute Gasteiger partial charge is 0.248 e. The van der Waals surface area contributed by atoms with Crippen LogP contribution in [0, 0.1) is 0 Å². The highest BCUT2D eigenvalue weighted by atomic mass is 32.2. The summed E-state index contributed by atoms with van der Waals surface area (Å²) in [6, 6.07) is 7.23. The van der Waals surface area contributed by atoms with Crippen molar-refractivity contribution in [2.24, 2.45) is 0 Å². The van der Waals surface area contributed by atoms with E-state index in [1.54, 1.807) is 30.6 Å². The highest BCUT2D eigenvalue weighted by molar-refractivity contribution is 7.98. The average molecular weight is 315 g/mol. The Bertz CT molecular complexity index is 639. The fourth-order valence-electron chi connectivity index (χ4n) is 1.67. The van der Waals surface area contributed by atoms with Crippen molar-refractivity contribution in [3.05, 3.63) is 48.3 Å². The van der Waals surface area contributed by atoms with Gasteiger partial charge in [-0.05, 0) is 43.5 Å². The van der Waals surface area contributed by atoms with Gasteiger partial charge < -0.3 is 10.1 Å². The van der Waals surface area contributed by atoms with Crippen molar-refractivity contribution in [1.29, 1.82) is 0 Å². The molecular formula is C16H17N3O2S. The van der Waals surface area contributed by atoms with Gasteiger partial charge in [0.1, 0.15) is 5.75 Å². The predicted molar refractivity (Wildman–Crippen MR) is 89.1 cm³/mol. The van der Waals surface area contributed by atoms with Crippen LogP contribution in [0.3, 0.4) is 0 Å². The average Bonchev–Trinajstić information content (AvgIpc) is 2.55. The third-order valence-electron chi connectivity index (χ3n) is 2.69. The second-order valence-electron chi connectivity index (χ2n) is 4.28. The van der Waals surface area contributed by atoms with Crippen LogP contribution < -0.4 is 10.1 Å². The number of carbonyl (C=O) groups excluding carboxylic acids is 1. The Hall–Kier alpha value is -2.34. The number of rotatable bonds is 6. The minimum Gasteiger partial charge on any atom is -0.494 e. The molecule has 1 aromatic heterocycles. The molecule has 2 aromatic rings. The maximum Gasteiger partial charge on any atom is 0.248 e. The first-order valence-electron chi connectivity index (χ1n) is 6.79. The van der Waals surface area contributed by atoms with Gasteiger partial charge in [-0.3, -0.25) is 4.79 Å². The number of nitrogens with zero attached hydrogens (tertiary/aromatic N) is 2. The Balaban J connectivity index is 1.92. The van der Waals surface area contributed by atoms with Gasteiger partial charge in [-0.15, -0.1) is 0 Å². The third-order valence-corrected chi connectivity index (χ3v) is 3.27. The van der Waals surface area contributed by atoms with Gasteiger partial charge in [-0.2, -0.15) is 0 Å². The van der Waals surface area contributed by atoms with Gasteiger partial charge in [0, 0.05) is 29.7 Å². The van der Waals surface area contributed by atoms with Gasteiger partial charge in [-0.1, -0.05) is 11.8 Å². The Kier molecular flexibility index (Phi) is 5.97. The first-order chi connectivity index (χ1) is 10.7. The molecule has 0 unspecified atom stereocenters. The van der Waals surface area contributed by atoms with Gasteiger partial charge in [0.15, 0.2) is 5.16 Å². The van der Waals surface area contributed by atoms with Crippen molar-refractivity contribution >= 4 is 29.4 Å².